The summed E-state index contributed by atoms with van der Waals surface area (Å²) in [7, 11) is 0. The topological polar surface area (TPSA) is 50.9 Å². The molecule has 1 aliphatic rings. The molecule has 88 valence electrons. The molecule has 1 fully saturated rings. The summed E-state index contributed by atoms with van der Waals surface area (Å²) in [6.45, 7) is 3.25. The van der Waals surface area contributed by atoms with Crippen LogP contribution in [0.25, 0.3) is 0 Å². The Hall–Kier alpha value is -1.09. The summed E-state index contributed by atoms with van der Waals surface area (Å²) in [4.78, 5) is 4.14. The van der Waals surface area contributed by atoms with E-state index >= 15 is 0 Å². The van der Waals surface area contributed by atoms with E-state index in [1.807, 2.05) is 6.07 Å². The first-order valence-electron chi connectivity index (χ1n) is 6.22. The molecule has 0 aliphatic heterocycles. The summed E-state index contributed by atoms with van der Waals surface area (Å²) in [5, 5.41) is 3.53. The zero-order valence-corrected chi connectivity index (χ0v) is 9.95. The van der Waals surface area contributed by atoms with Crippen molar-refractivity contribution in [2.24, 2.45) is 5.92 Å². The number of nitrogen functional groups attached to an aromatic ring is 1. The van der Waals surface area contributed by atoms with Gasteiger partial charge in [-0.05, 0) is 49.8 Å². The van der Waals surface area contributed by atoms with Gasteiger partial charge < -0.3 is 11.1 Å². The van der Waals surface area contributed by atoms with Gasteiger partial charge in [0.05, 0.1) is 0 Å². The van der Waals surface area contributed by atoms with Crippen molar-refractivity contribution in [2.75, 3.05) is 12.3 Å². The van der Waals surface area contributed by atoms with Crippen LogP contribution in [0.3, 0.4) is 0 Å². The molecule has 2 atom stereocenters. The van der Waals surface area contributed by atoms with Gasteiger partial charge in [0.25, 0.3) is 0 Å². The summed E-state index contributed by atoms with van der Waals surface area (Å²) in [5.74, 6) is 1.48. The molecule has 0 aromatic carbocycles. The summed E-state index contributed by atoms with van der Waals surface area (Å²) in [5.41, 5.74) is 7.08. The molecular formula is C13H21N3. The number of nitrogens with zero attached hydrogens (tertiary/aromatic N) is 1. The normalized spacial score (nSPS) is 24.8. The van der Waals surface area contributed by atoms with Gasteiger partial charge in [-0.3, -0.25) is 0 Å². The van der Waals surface area contributed by atoms with Gasteiger partial charge in [0.15, 0.2) is 0 Å². The molecule has 3 N–H and O–H groups in total. The Morgan fingerprint density at radius 3 is 3.12 bits per heavy atom. The maximum absolute atomic E-state index is 5.87. The third-order valence-corrected chi connectivity index (χ3v) is 3.47. The number of anilines is 1. The largest absolute Gasteiger partial charge is 0.383 e. The van der Waals surface area contributed by atoms with Crippen LogP contribution in [0.4, 0.5) is 5.82 Å². The van der Waals surface area contributed by atoms with Gasteiger partial charge in [0.1, 0.15) is 5.82 Å². The smallest absolute Gasteiger partial charge is 0.126 e. The maximum atomic E-state index is 5.87. The van der Waals surface area contributed by atoms with Crippen molar-refractivity contribution >= 4 is 5.82 Å². The monoisotopic (exact) mass is 219 g/mol. The lowest BCUT2D eigenvalue weighted by Gasteiger charge is -2.12. The van der Waals surface area contributed by atoms with Gasteiger partial charge in [-0.25, -0.2) is 4.98 Å². The lowest BCUT2D eigenvalue weighted by atomic mass is 9.98. The molecule has 0 spiro atoms. The first kappa shape index (κ1) is 11.4. The quantitative estimate of drug-likeness (QED) is 0.814. The number of rotatable bonds is 4. The lowest BCUT2D eigenvalue weighted by molar-refractivity contribution is 0.494. The van der Waals surface area contributed by atoms with Crippen LogP contribution in [-0.4, -0.2) is 17.6 Å². The Bertz CT molecular complexity index is 338. The third-order valence-electron chi connectivity index (χ3n) is 3.47. The zero-order chi connectivity index (χ0) is 11.4. The number of nitrogens with one attached hydrogen (secondary N) is 1. The third kappa shape index (κ3) is 2.73. The first-order valence-corrected chi connectivity index (χ1v) is 6.22. The van der Waals surface area contributed by atoms with Crippen LogP contribution in [-0.2, 0) is 6.42 Å². The minimum atomic E-state index is 0.703. The highest BCUT2D eigenvalue weighted by atomic mass is 14.9. The molecular weight excluding hydrogens is 198 g/mol. The Balaban J connectivity index is 1.90. The van der Waals surface area contributed by atoms with E-state index in [1.165, 1.54) is 24.8 Å². The Morgan fingerprint density at radius 1 is 1.50 bits per heavy atom. The molecule has 0 radical (unpaired) electrons. The van der Waals surface area contributed by atoms with E-state index in [2.05, 4.69) is 23.3 Å². The molecule has 16 heavy (non-hydrogen) atoms. The number of pyridine rings is 1. The number of hydrogen-bond acceptors (Lipinski definition) is 3. The second-order valence-corrected chi connectivity index (χ2v) is 4.69. The van der Waals surface area contributed by atoms with Crippen molar-refractivity contribution in [1.29, 1.82) is 0 Å². The second kappa shape index (κ2) is 5.30. The molecule has 1 saturated carbocycles. The van der Waals surface area contributed by atoms with Gasteiger partial charge >= 0.3 is 0 Å². The van der Waals surface area contributed by atoms with Crippen molar-refractivity contribution < 1.29 is 0 Å². The second-order valence-electron chi connectivity index (χ2n) is 4.69. The molecule has 0 amide bonds. The predicted octanol–water partition coefficient (Wildman–Crippen LogP) is 1.98. The SMILES string of the molecule is CCNC1CCC(Cc2cccnc2N)C1. The minimum absolute atomic E-state index is 0.703. The summed E-state index contributed by atoms with van der Waals surface area (Å²) < 4.78 is 0. The van der Waals surface area contributed by atoms with Gasteiger partial charge in [0.2, 0.25) is 0 Å². The van der Waals surface area contributed by atoms with Gasteiger partial charge in [-0.2, -0.15) is 0 Å². The van der Waals surface area contributed by atoms with Crippen LogP contribution < -0.4 is 11.1 Å². The highest BCUT2D eigenvalue weighted by Crippen LogP contribution is 2.29. The average Bonchev–Trinajstić information content (AvgIpc) is 2.70. The Kier molecular flexibility index (Phi) is 3.78. The maximum Gasteiger partial charge on any atom is 0.126 e. The summed E-state index contributed by atoms with van der Waals surface area (Å²) in [6, 6.07) is 4.79. The fourth-order valence-electron chi connectivity index (χ4n) is 2.67. The summed E-state index contributed by atoms with van der Waals surface area (Å²) >= 11 is 0. The standard InChI is InChI=1S/C13H21N3/c1-2-15-12-6-5-10(9-12)8-11-4-3-7-16-13(11)14/h3-4,7,10,12,15H,2,5-6,8-9H2,1H3,(H2,14,16). The fourth-order valence-corrected chi connectivity index (χ4v) is 2.67. The minimum Gasteiger partial charge on any atom is -0.383 e. The van der Waals surface area contributed by atoms with Gasteiger partial charge in [-0.15, -0.1) is 0 Å². The van der Waals surface area contributed by atoms with E-state index in [9.17, 15) is 0 Å². The molecule has 1 heterocycles. The molecule has 0 saturated heterocycles. The molecule has 1 aromatic heterocycles. The Labute approximate surface area is 97.5 Å². The fraction of sp³-hybridized carbons (Fsp3) is 0.615. The van der Waals surface area contributed by atoms with Crippen LogP contribution in [0, 0.1) is 5.92 Å². The van der Waals surface area contributed by atoms with Crippen molar-refractivity contribution in [1.82, 2.24) is 10.3 Å². The van der Waals surface area contributed by atoms with E-state index in [0.29, 0.717) is 11.9 Å². The van der Waals surface area contributed by atoms with Crippen LogP contribution in [0.1, 0.15) is 31.7 Å². The molecule has 3 heteroatoms. The zero-order valence-electron chi connectivity index (χ0n) is 9.95. The summed E-state index contributed by atoms with van der Waals surface area (Å²) in [6.07, 6.45) is 6.74. The van der Waals surface area contributed by atoms with Crippen LogP contribution in [0.5, 0.6) is 0 Å². The van der Waals surface area contributed by atoms with Crippen LogP contribution >= 0.6 is 0 Å². The van der Waals surface area contributed by atoms with Crippen molar-refractivity contribution in [2.45, 2.75) is 38.6 Å². The van der Waals surface area contributed by atoms with E-state index in [4.69, 9.17) is 5.73 Å². The highest BCUT2D eigenvalue weighted by Gasteiger charge is 2.24. The van der Waals surface area contributed by atoms with Gasteiger partial charge in [-0.1, -0.05) is 13.0 Å². The molecule has 0 bridgehead atoms. The van der Waals surface area contributed by atoms with E-state index < -0.39 is 0 Å². The number of nitrogens with two attached hydrogens (primary N) is 1. The number of aromatic nitrogens is 1. The van der Waals surface area contributed by atoms with Crippen molar-refractivity contribution in [3.8, 4) is 0 Å². The highest BCUT2D eigenvalue weighted by molar-refractivity contribution is 5.38. The van der Waals surface area contributed by atoms with Crippen LogP contribution in [0.2, 0.25) is 0 Å². The van der Waals surface area contributed by atoms with Crippen LogP contribution in [0.15, 0.2) is 18.3 Å². The predicted molar refractivity (Wildman–Crippen MR) is 67.2 cm³/mol. The van der Waals surface area contributed by atoms with Gasteiger partial charge in [0, 0.05) is 12.2 Å². The molecule has 3 nitrogen and oxygen atoms in total. The average molecular weight is 219 g/mol. The first-order chi connectivity index (χ1) is 7.79. The molecule has 2 unspecified atom stereocenters. The van der Waals surface area contributed by atoms with Crippen molar-refractivity contribution in [3.05, 3.63) is 23.9 Å². The van der Waals surface area contributed by atoms with E-state index in [0.717, 1.165) is 18.9 Å². The van der Waals surface area contributed by atoms with Crippen molar-refractivity contribution in [3.63, 3.8) is 0 Å². The lowest BCUT2D eigenvalue weighted by Crippen LogP contribution is -2.26. The van der Waals surface area contributed by atoms with E-state index in [1.54, 1.807) is 6.20 Å². The number of hydrogen-bond donors (Lipinski definition) is 2. The molecule has 1 aromatic rings. The molecule has 2 rings (SSSR count). The Morgan fingerprint density at radius 2 is 2.38 bits per heavy atom. The van der Waals surface area contributed by atoms with E-state index in [-0.39, 0.29) is 0 Å². The molecule has 1 aliphatic carbocycles.